The fourth-order valence-corrected chi connectivity index (χ4v) is 2.68. The van der Waals surface area contributed by atoms with E-state index in [2.05, 4.69) is 10.6 Å². The minimum absolute atomic E-state index is 0.0142. The van der Waals surface area contributed by atoms with Gasteiger partial charge in [-0.15, -0.1) is 4.40 Å². The van der Waals surface area contributed by atoms with Crippen molar-refractivity contribution < 1.29 is 4.57 Å². The maximum absolute atomic E-state index is 12.1. The van der Waals surface area contributed by atoms with Gasteiger partial charge in [0.15, 0.2) is 0 Å². The average molecular weight is 212 g/mol. The van der Waals surface area contributed by atoms with E-state index >= 15 is 0 Å². The number of aromatic nitrogens is 3. The Balaban J connectivity index is 2.52. The summed E-state index contributed by atoms with van der Waals surface area (Å²) in [6, 6.07) is 6.14. The Kier molecular flexibility index (Phi) is 1.19. The molecule has 0 atom stereocenters. The average Bonchev–Trinajstić information content (AvgIpc) is 2.83. The predicted octanol–water partition coefficient (Wildman–Crippen LogP) is 0.440. The van der Waals surface area contributed by atoms with Crippen LogP contribution in [0.2, 0.25) is 0 Å². The highest BCUT2D eigenvalue weighted by Crippen LogP contribution is 2.24. The summed E-state index contributed by atoms with van der Waals surface area (Å²) >= 11 is 0. The maximum atomic E-state index is 12.1. The van der Waals surface area contributed by atoms with E-state index in [9.17, 15) is 4.79 Å². The Morgan fingerprint density at radius 1 is 1.38 bits per heavy atom. The second-order valence-corrected chi connectivity index (χ2v) is 4.27. The van der Waals surface area contributed by atoms with Gasteiger partial charge in [-0.1, -0.05) is 12.1 Å². The van der Waals surface area contributed by atoms with E-state index in [1.54, 1.807) is 8.97 Å². The smallest absolute Gasteiger partial charge is 0.276 e. The van der Waals surface area contributed by atoms with Crippen molar-refractivity contribution >= 4 is 16.6 Å². The lowest BCUT2D eigenvalue weighted by atomic mass is 10.1. The number of hydrogen-bond acceptors (Lipinski definition) is 1. The predicted molar refractivity (Wildman–Crippen MR) is 59.4 cm³/mol. The molecule has 78 valence electrons. The summed E-state index contributed by atoms with van der Waals surface area (Å²) < 4.78 is 5.55. The Morgan fingerprint density at radius 3 is 3.12 bits per heavy atom. The van der Waals surface area contributed by atoms with Crippen LogP contribution in [-0.2, 0) is 13.6 Å². The van der Waals surface area contributed by atoms with Crippen LogP contribution in [0.4, 0.5) is 0 Å². The van der Waals surface area contributed by atoms with Gasteiger partial charge in [-0.05, 0) is 6.07 Å². The van der Waals surface area contributed by atoms with Gasteiger partial charge in [0.1, 0.15) is 18.9 Å². The molecule has 3 heterocycles. The highest BCUT2D eigenvalue weighted by atomic mass is 16.1. The number of rotatable bonds is 0. The topological polar surface area (TPSA) is 30.3 Å². The van der Waals surface area contributed by atoms with E-state index < -0.39 is 0 Å². The number of benzene rings is 1. The molecular weight excluding hydrogens is 202 g/mol. The molecule has 0 N–H and O–H groups in total. The summed E-state index contributed by atoms with van der Waals surface area (Å²) in [7, 11) is 1.82. The van der Waals surface area contributed by atoms with Crippen molar-refractivity contribution in [3.05, 3.63) is 46.6 Å². The van der Waals surface area contributed by atoms with E-state index in [-0.39, 0.29) is 5.69 Å². The normalized spacial score (nSPS) is 13.3. The zero-order valence-corrected chi connectivity index (χ0v) is 8.84. The van der Waals surface area contributed by atoms with Crippen LogP contribution in [-0.4, -0.2) is 8.97 Å². The van der Waals surface area contributed by atoms with Crippen molar-refractivity contribution in [1.82, 2.24) is 8.97 Å². The standard InChI is InChI=1S/C12H10N3O/c1-13-9-4-2-3-8-7-14-5-6-15(12(13)16)11(14)10(8)9/h2-6H,7H2,1H3/q+1. The first-order valence-corrected chi connectivity index (χ1v) is 5.28. The summed E-state index contributed by atoms with van der Waals surface area (Å²) in [6.45, 7) is 0.868. The third-order valence-electron chi connectivity index (χ3n) is 3.44. The number of aryl methyl sites for hydroxylation is 1. The molecule has 0 saturated heterocycles. The molecule has 0 amide bonds. The number of hydrogen-bond donors (Lipinski definition) is 0. The molecule has 0 spiro atoms. The van der Waals surface area contributed by atoms with Crippen molar-refractivity contribution in [3.63, 3.8) is 0 Å². The summed E-state index contributed by atoms with van der Waals surface area (Å²) in [6.07, 6.45) is 3.81. The van der Waals surface area contributed by atoms with Gasteiger partial charge in [-0.2, -0.15) is 0 Å². The van der Waals surface area contributed by atoms with Crippen molar-refractivity contribution in [2.75, 3.05) is 0 Å². The SMILES string of the molecule is Cn1c(=O)n2cc[n+]3c2c2c(cccc21)C3. The molecule has 4 nitrogen and oxygen atoms in total. The zero-order valence-electron chi connectivity index (χ0n) is 8.84. The van der Waals surface area contributed by atoms with Gasteiger partial charge in [-0.3, -0.25) is 4.57 Å². The Morgan fingerprint density at radius 2 is 2.25 bits per heavy atom. The van der Waals surface area contributed by atoms with E-state index in [1.165, 1.54) is 10.9 Å². The largest absolute Gasteiger partial charge is 0.420 e. The van der Waals surface area contributed by atoms with Crippen LogP contribution in [0, 0.1) is 0 Å². The van der Waals surface area contributed by atoms with E-state index in [0.29, 0.717) is 0 Å². The molecule has 4 heteroatoms. The van der Waals surface area contributed by atoms with Crippen LogP contribution in [0.15, 0.2) is 35.4 Å². The van der Waals surface area contributed by atoms with Crippen LogP contribution < -0.4 is 10.3 Å². The van der Waals surface area contributed by atoms with Gasteiger partial charge in [0.25, 0.3) is 0 Å². The third-order valence-corrected chi connectivity index (χ3v) is 3.44. The van der Waals surface area contributed by atoms with Crippen LogP contribution in [0.1, 0.15) is 5.56 Å². The van der Waals surface area contributed by atoms with Gasteiger partial charge in [-0.25, -0.2) is 9.36 Å². The fraction of sp³-hybridized carbons (Fsp3) is 0.167. The van der Waals surface area contributed by atoms with Crippen LogP contribution in [0.3, 0.4) is 0 Å². The molecule has 16 heavy (non-hydrogen) atoms. The summed E-state index contributed by atoms with van der Waals surface area (Å²) in [5, 5.41) is 1.20. The fourth-order valence-electron chi connectivity index (χ4n) is 2.68. The van der Waals surface area contributed by atoms with Gasteiger partial charge in [0.2, 0.25) is 0 Å². The van der Waals surface area contributed by atoms with Crippen LogP contribution >= 0.6 is 0 Å². The van der Waals surface area contributed by atoms with Crippen LogP contribution in [0.5, 0.6) is 0 Å². The van der Waals surface area contributed by atoms with Gasteiger partial charge < -0.3 is 0 Å². The first-order chi connectivity index (χ1) is 7.77. The van der Waals surface area contributed by atoms with E-state index in [4.69, 9.17) is 0 Å². The van der Waals surface area contributed by atoms with Crippen LogP contribution in [0.25, 0.3) is 16.6 Å². The highest BCUT2D eigenvalue weighted by molar-refractivity contribution is 5.94. The molecule has 0 unspecified atom stereocenters. The van der Waals surface area contributed by atoms with Crippen molar-refractivity contribution in [3.8, 4) is 0 Å². The van der Waals surface area contributed by atoms with Gasteiger partial charge in [0.05, 0.1) is 10.9 Å². The molecule has 1 aliphatic heterocycles. The first kappa shape index (κ1) is 8.10. The first-order valence-electron chi connectivity index (χ1n) is 5.28. The van der Waals surface area contributed by atoms with E-state index in [0.717, 1.165) is 17.7 Å². The Labute approximate surface area is 91.0 Å². The van der Waals surface area contributed by atoms with Crippen molar-refractivity contribution in [2.45, 2.75) is 6.54 Å². The molecule has 0 aliphatic carbocycles. The third kappa shape index (κ3) is 0.701. The Hall–Kier alpha value is -2.10. The second kappa shape index (κ2) is 2.35. The molecule has 0 radical (unpaired) electrons. The maximum Gasteiger partial charge on any atom is 0.420 e. The highest BCUT2D eigenvalue weighted by Gasteiger charge is 2.27. The summed E-state index contributed by atoms with van der Waals surface area (Å²) in [4.78, 5) is 12.1. The molecule has 3 aromatic rings. The van der Waals surface area contributed by atoms with Crippen molar-refractivity contribution in [1.29, 1.82) is 0 Å². The molecule has 1 aliphatic rings. The van der Waals surface area contributed by atoms with Crippen molar-refractivity contribution in [2.24, 2.45) is 7.05 Å². The second-order valence-electron chi connectivity index (χ2n) is 4.27. The quantitative estimate of drug-likeness (QED) is 0.389. The molecule has 0 bridgehead atoms. The molecule has 2 aromatic heterocycles. The lowest BCUT2D eigenvalue weighted by Crippen LogP contribution is -2.31. The summed E-state index contributed by atoms with van der Waals surface area (Å²) in [5.74, 6) is 0. The molecule has 1 aromatic carbocycles. The lowest BCUT2D eigenvalue weighted by molar-refractivity contribution is -0.657. The monoisotopic (exact) mass is 212 g/mol. The number of nitrogens with zero attached hydrogens (tertiary/aromatic N) is 3. The molecule has 0 saturated carbocycles. The molecular formula is C12H10N3O+. The van der Waals surface area contributed by atoms with Gasteiger partial charge in [0, 0.05) is 12.6 Å². The minimum atomic E-state index is 0.0142. The minimum Gasteiger partial charge on any atom is -0.276 e. The zero-order chi connectivity index (χ0) is 10.9. The Bertz CT molecular complexity index is 810. The molecule has 4 rings (SSSR count). The summed E-state index contributed by atoms with van der Waals surface area (Å²) in [5.41, 5.74) is 3.34. The van der Waals surface area contributed by atoms with E-state index in [1.807, 2.05) is 31.6 Å². The molecule has 0 fully saturated rings. The lowest BCUT2D eigenvalue weighted by Gasteiger charge is -2.01. The van der Waals surface area contributed by atoms with Gasteiger partial charge >= 0.3 is 11.3 Å². The number of imidazole rings is 1.